The number of aromatic hydroxyl groups is 1. The van der Waals surface area contributed by atoms with Crippen molar-refractivity contribution in [2.75, 3.05) is 18.4 Å². The van der Waals surface area contributed by atoms with Gasteiger partial charge in [0.1, 0.15) is 5.69 Å². The van der Waals surface area contributed by atoms with Crippen molar-refractivity contribution in [3.63, 3.8) is 0 Å². The summed E-state index contributed by atoms with van der Waals surface area (Å²) in [5.74, 6) is -1.11. The average Bonchev–Trinajstić information content (AvgIpc) is 2.29. The quantitative estimate of drug-likeness (QED) is 0.644. The molecule has 108 valence electrons. The summed E-state index contributed by atoms with van der Waals surface area (Å²) in [5.41, 5.74) is -0.0181. The molecule has 0 bridgehead atoms. The van der Waals surface area contributed by atoms with Gasteiger partial charge in [-0.05, 0) is 6.07 Å². The van der Waals surface area contributed by atoms with E-state index in [9.17, 15) is 14.7 Å². The van der Waals surface area contributed by atoms with E-state index in [1.807, 2.05) is 0 Å². The number of anilines is 1. The van der Waals surface area contributed by atoms with Crippen LogP contribution in [0.5, 0.6) is 5.75 Å². The van der Waals surface area contributed by atoms with Gasteiger partial charge in [-0.3, -0.25) is 9.59 Å². The first-order valence-electron chi connectivity index (χ1n) is 5.74. The van der Waals surface area contributed by atoms with Gasteiger partial charge < -0.3 is 15.3 Å². The van der Waals surface area contributed by atoms with Gasteiger partial charge in [0.15, 0.2) is 5.75 Å². The second-order valence-electron chi connectivity index (χ2n) is 4.49. The summed E-state index contributed by atoms with van der Waals surface area (Å²) in [4.78, 5) is 24.6. The number of nitrogens with one attached hydrogen (secondary N) is 1. The lowest BCUT2D eigenvalue weighted by atomic mass is 9.99. The van der Waals surface area contributed by atoms with Crippen LogP contribution in [0.25, 0.3) is 0 Å². The zero-order valence-electron chi connectivity index (χ0n) is 10.4. The molecule has 20 heavy (non-hydrogen) atoms. The van der Waals surface area contributed by atoms with E-state index < -0.39 is 0 Å². The molecule has 2 rings (SSSR count). The fourth-order valence-electron chi connectivity index (χ4n) is 1.83. The molecule has 1 aliphatic heterocycles. The van der Waals surface area contributed by atoms with Gasteiger partial charge in [0.05, 0.1) is 21.0 Å². The Kier molecular flexibility index (Phi) is 4.32. The highest BCUT2D eigenvalue weighted by molar-refractivity contribution is 6.46. The van der Waals surface area contributed by atoms with E-state index in [0.717, 1.165) is 0 Å². The van der Waals surface area contributed by atoms with Crippen molar-refractivity contribution in [3.8, 4) is 5.75 Å². The monoisotopic (exact) mass is 336 g/mol. The Bertz CT molecular complexity index is 560. The molecule has 8 heteroatoms. The van der Waals surface area contributed by atoms with E-state index in [0.29, 0.717) is 13.1 Å². The number of carbonyl (C=O) groups is 2. The predicted molar refractivity (Wildman–Crippen MR) is 77.5 cm³/mol. The van der Waals surface area contributed by atoms with Crippen LogP contribution in [0.3, 0.4) is 0 Å². The molecule has 1 heterocycles. The molecular weight excluding hydrogens is 327 g/mol. The summed E-state index contributed by atoms with van der Waals surface area (Å²) in [6, 6.07) is 1.29. The van der Waals surface area contributed by atoms with Crippen LogP contribution in [0, 0.1) is 5.92 Å². The van der Waals surface area contributed by atoms with E-state index in [1.165, 1.54) is 17.9 Å². The van der Waals surface area contributed by atoms with Crippen molar-refractivity contribution in [2.45, 2.75) is 6.92 Å². The molecule has 0 aromatic heterocycles. The van der Waals surface area contributed by atoms with Gasteiger partial charge in [0.25, 0.3) is 0 Å². The Morgan fingerprint density at radius 2 is 1.90 bits per heavy atom. The highest BCUT2D eigenvalue weighted by Crippen LogP contribution is 2.42. The number of phenolic OH excluding ortho intramolecular Hbond substituents is 1. The van der Waals surface area contributed by atoms with Crippen molar-refractivity contribution in [1.29, 1.82) is 0 Å². The first kappa shape index (κ1) is 15.2. The first-order chi connectivity index (χ1) is 9.31. The maximum atomic E-state index is 12.0. The van der Waals surface area contributed by atoms with Crippen LogP contribution in [0.1, 0.15) is 6.92 Å². The van der Waals surface area contributed by atoms with Gasteiger partial charge in [0, 0.05) is 20.0 Å². The third kappa shape index (κ3) is 2.80. The lowest BCUT2D eigenvalue weighted by Gasteiger charge is -2.37. The van der Waals surface area contributed by atoms with Crippen LogP contribution >= 0.6 is 34.8 Å². The highest BCUT2D eigenvalue weighted by atomic mass is 35.5. The highest BCUT2D eigenvalue weighted by Gasteiger charge is 2.34. The average molecular weight is 338 g/mol. The molecule has 5 nitrogen and oxygen atoms in total. The number of hydrogen-bond acceptors (Lipinski definition) is 3. The SMILES string of the molecule is CC(=O)N1CC(C(=O)Nc2c(O)c(Cl)cc(Cl)c2Cl)C1. The summed E-state index contributed by atoms with van der Waals surface area (Å²) in [5, 5.41) is 12.4. The van der Waals surface area contributed by atoms with Crippen LogP contribution in [-0.4, -0.2) is 34.9 Å². The smallest absolute Gasteiger partial charge is 0.231 e. The van der Waals surface area contributed by atoms with Crippen LogP contribution in [0.2, 0.25) is 15.1 Å². The lowest BCUT2D eigenvalue weighted by molar-refractivity contribution is -0.139. The van der Waals surface area contributed by atoms with Crippen molar-refractivity contribution in [2.24, 2.45) is 5.92 Å². The van der Waals surface area contributed by atoms with Crippen LogP contribution in [0.4, 0.5) is 5.69 Å². The molecule has 0 saturated carbocycles. The summed E-state index contributed by atoms with van der Waals surface area (Å²) in [6.07, 6.45) is 0. The largest absolute Gasteiger partial charge is 0.504 e. The van der Waals surface area contributed by atoms with Gasteiger partial charge in [-0.2, -0.15) is 0 Å². The second-order valence-corrected chi connectivity index (χ2v) is 5.68. The third-order valence-corrected chi connectivity index (χ3v) is 4.17. The molecule has 1 fully saturated rings. The second kappa shape index (κ2) is 5.68. The van der Waals surface area contributed by atoms with E-state index in [2.05, 4.69) is 5.32 Å². The predicted octanol–water partition coefficient (Wildman–Crippen LogP) is 2.77. The normalized spacial score (nSPS) is 14.9. The van der Waals surface area contributed by atoms with Crippen molar-refractivity contribution >= 4 is 52.3 Å². The lowest BCUT2D eigenvalue weighted by Crippen LogP contribution is -2.53. The molecule has 1 aliphatic rings. The van der Waals surface area contributed by atoms with Crippen molar-refractivity contribution in [3.05, 3.63) is 21.1 Å². The van der Waals surface area contributed by atoms with Crippen LogP contribution in [0.15, 0.2) is 6.07 Å². The Hall–Kier alpha value is -1.17. The summed E-state index contributed by atoms with van der Waals surface area (Å²) < 4.78 is 0. The van der Waals surface area contributed by atoms with Gasteiger partial charge in [-0.25, -0.2) is 0 Å². The van der Waals surface area contributed by atoms with Crippen molar-refractivity contribution < 1.29 is 14.7 Å². The van der Waals surface area contributed by atoms with Crippen molar-refractivity contribution in [1.82, 2.24) is 4.90 Å². The molecule has 0 radical (unpaired) electrons. The van der Waals surface area contributed by atoms with Gasteiger partial charge in [0.2, 0.25) is 11.8 Å². The number of halogens is 3. The molecule has 0 unspecified atom stereocenters. The molecular formula is C12H11Cl3N2O3. The molecule has 1 saturated heterocycles. The molecule has 2 N–H and O–H groups in total. The van der Waals surface area contributed by atoms with Crippen LogP contribution in [-0.2, 0) is 9.59 Å². The number of likely N-dealkylation sites (tertiary alicyclic amines) is 1. The number of carbonyl (C=O) groups excluding carboxylic acids is 2. The molecule has 0 atom stereocenters. The molecule has 0 spiro atoms. The minimum atomic E-state index is -0.349. The maximum Gasteiger partial charge on any atom is 0.231 e. The number of hydrogen-bond donors (Lipinski definition) is 2. The van der Waals surface area contributed by atoms with Gasteiger partial charge >= 0.3 is 0 Å². The zero-order chi connectivity index (χ0) is 15.0. The summed E-state index contributed by atoms with van der Waals surface area (Å²) in [6.45, 7) is 2.12. The van der Waals surface area contributed by atoms with Gasteiger partial charge in [-0.15, -0.1) is 0 Å². The maximum absolute atomic E-state index is 12.0. The van der Waals surface area contributed by atoms with E-state index in [4.69, 9.17) is 34.8 Å². The Morgan fingerprint density at radius 1 is 1.30 bits per heavy atom. The zero-order valence-corrected chi connectivity index (χ0v) is 12.7. The van der Waals surface area contributed by atoms with Gasteiger partial charge in [-0.1, -0.05) is 34.8 Å². The third-order valence-electron chi connectivity index (χ3n) is 3.09. The summed E-state index contributed by atoms with van der Waals surface area (Å²) >= 11 is 17.5. The molecule has 1 aromatic rings. The standard InChI is InChI=1S/C12H11Cl3N2O3/c1-5(18)17-3-6(4-17)12(20)16-10-9(15)7(13)2-8(14)11(10)19/h2,6,19H,3-4H2,1H3,(H,16,20). The minimum absolute atomic E-state index is 0.00586. The topological polar surface area (TPSA) is 69.6 Å². The Morgan fingerprint density at radius 3 is 2.45 bits per heavy atom. The molecule has 2 amide bonds. The van der Waals surface area contributed by atoms with E-state index in [1.54, 1.807) is 0 Å². The first-order valence-corrected chi connectivity index (χ1v) is 6.87. The Labute approximate surface area is 130 Å². The minimum Gasteiger partial charge on any atom is -0.504 e. The number of nitrogens with zero attached hydrogens (tertiary/aromatic N) is 1. The van der Waals surface area contributed by atoms with Crippen LogP contribution < -0.4 is 5.32 Å². The van der Waals surface area contributed by atoms with E-state index in [-0.39, 0.29) is 44.2 Å². The molecule has 1 aromatic carbocycles. The number of rotatable bonds is 2. The molecule has 0 aliphatic carbocycles. The fourth-order valence-corrected chi connectivity index (χ4v) is 2.48. The fraction of sp³-hybridized carbons (Fsp3) is 0.333. The number of amides is 2. The Balaban J connectivity index is 2.12. The summed E-state index contributed by atoms with van der Waals surface area (Å²) in [7, 11) is 0. The van der Waals surface area contributed by atoms with E-state index >= 15 is 0 Å². The number of phenols is 1. The number of benzene rings is 1.